The second-order valence-electron chi connectivity index (χ2n) is 6.60. The van der Waals surface area contributed by atoms with Gasteiger partial charge < -0.3 is 10.4 Å². The highest BCUT2D eigenvalue weighted by Crippen LogP contribution is 2.18. The number of nitrogens with one attached hydrogen (secondary N) is 1. The van der Waals surface area contributed by atoms with E-state index in [4.69, 9.17) is 0 Å². The third-order valence-electron chi connectivity index (χ3n) is 4.72. The predicted octanol–water partition coefficient (Wildman–Crippen LogP) is 1.72. The molecule has 0 unspecified atom stereocenters. The fraction of sp³-hybridized carbons (Fsp3) is 0.556. The molecular formula is C18H25N3O3S. The summed E-state index contributed by atoms with van der Waals surface area (Å²) in [5.74, 6) is 1.36. The number of carbonyl (C=O) groups is 2. The zero-order chi connectivity index (χ0) is 17.6. The highest BCUT2D eigenvalue weighted by molar-refractivity contribution is 7.99. The van der Waals surface area contributed by atoms with Crippen molar-refractivity contribution in [2.24, 2.45) is 0 Å². The number of thioether (sulfide) groups is 1. The van der Waals surface area contributed by atoms with E-state index in [9.17, 15) is 14.7 Å². The average molecular weight is 363 g/mol. The number of carboxylic acid groups (broad SMARTS) is 1. The van der Waals surface area contributed by atoms with Crippen LogP contribution >= 0.6 is 11.8 Å². The summed E-state index contributed by atoms with van der Waals surface area (Å²) in [6, 6.07) is 7.40. The first kappa shape index (κ1) is 18.2. The summed E-state index contributed by atoms with van der Waals surface area (Å²) in [5, 5.41) is 12.1. The van der Waals surface area contributed by atoms with Crippen LogP contribution in [0.5, 0.6) is 0 Å². The lowest BCUT2D eigenvalue weighted by Gasteiger charge is -2.26. The first-order valence-corrected chi connectivity index (χ1v) is 9.93. The lowest BCUT2D eigenvalue weighted by Crippen LogP contribution is -2.40. The Hall–Kier alpha value is -1.57. The second kappa shape index (κ2) is 8.69. The van der Waals surface area contributed by atoms with E-state index < -0.39 is 12.0 Å². The molecule has 2 N–H and O–H groups in total. The Kier molecular flexibility index (Phi) is 6.34. The summed E-state index contributed by atoms with van der Waals surface area (Å²) in [6.07, 6.45) is 1.44. The van der Waals surface area contributed by atoms with Crippen molar-refractivity contribution < 1.29 is 14.7 Å². The van der Waals surface area contributed by atoms with E-state index in [0.29, 0.717) is 13.0 Å². The molecule has 2 aliphatic heterocycles. The third-order valence-corrected chi connectivity index (χ3v) is 5.66. The summed E-state index contributed by atoms with van der Waals surface area (Å²) in [4.78, 5) is 27.7. The quantitative estimate of drug-likeness (QED) is 0.802. The molecule has 2 fully saturated rings. The molecule has 3 rings (SSSR count). The van der Waals surface area contributed by atoms with Crippen LogP contribution < -0.4 is 5.32 Å². The SMILES string of the molecule is O=C(CN1CCC[C@H]1C(=O)O)Nc1cccc(CN2CCSCC2)c1. The van der Waals surface area contributed by atoms with Crippen molar-refractivity contribution >= 4 is 29.3 Å². The number of aliphatic carboxylic acids is 1. The first-order chi connectivity index (χ1) is 12.1. The molecule has 2 heterocycles. The molecule has 0 spiro atoms. The molecule has 1 aromatic rings. The van der Waals surface area contributed by atoms with Gasteiger partial charge in [0, 0.05) is 36.8 Å². The van der Waals surface area contributed by atoms with Gasteiger partial charge in [0.05, 0.1) is 6.54 Å². The largest absolute Gasteiger partial charge is 0.480 e. The number of benzene rings is 1. The molecule has 2 saturated heterocycles. The van der Waals surface area contributed by atoms with Gasteiger partial charge in [-0.3, -0.25) is 19.4 Å². The highest BCUT2D eigenvalue weighted by Gasteiger charge is 2.31. The van der Waals surface area contributed by atoms with E-state index in [2.05, 4.69) is 16.3 Å². The molecule has 1 amide bonds. The maximum Gasteiger partial charge on any atom is 0.320 e. The minimum Gasteiger partial charge on any atom is -0.480 e. The van der Waals surface area contributed by atoms with Gasteiger partial charge in [0.15, 0.2) is 0 Å². The Morgan fingerprint density at radius 3 is 2.80 bits per heavy atom. The van der Waals surface area contributed by atoms with Crippen molar-refractivity contribution in [1.82, 2.24) is 9.80 Å². The van der Waals surface area contributed by atoms with E-state index in [0.717, 1.165) is 31.7 Å². The molecule has 0 aromatic heterocycles. The molecule has 2 aliphatic rings. The van der Waals surface area contributed by atoms with Crippen LogP contribution in [0.25, 0.3) is 0 Å². The van der Waals surface area contributed by atoms with Crippen LogP contribution in [0.3, 0.4) is 0 Å². The van der Waals surface area contributed by atoms with E-state index in [1.807, 2.05) is 30.0 Å². The minimum absolute atomic E-state index is 0.130. The molecule has 0 radical (unpaired) electrons. The maximum atomic E-state index is 12.3. The zero-order valence-corrected chi connectivity index (χ0v) is 15.1. The molecule has 1 aromatic carbocycles. The maximum absolute atomic E-state index is 12.3. The van der Waals surface area contributed by atoms with Gasteiger partial charge in [0.1, 0.15) is 6.04 Å². The van der Waals surface area contributed by atoms with Crippen molar-refractivity contribution in [3.05, 3.63) is 29.8 Å². The summed E-state index contributed by atoms with van der Waals surface area (Å²) >= 11 is 1.99. The minimum atomic E-state index is -0.841. The Morgan fingerprint density at radius 1 is 1.24 bits per heavy atom. The van der Waals surface area contributed by atoms with Gasteiger partial charge in [-0.15, -0.1) is 0 Å². The number of hydrogen-bond acceptors (Lipinski definition) is 5. The standard InChI is InChI=1S/C18H25N3O3S/c22-17(13-21-6-2-5-16(21)18(23)24)19-15-4-1-3-14(11-15)12-20-7-9-25-10-8-20/h1,3-4,11,16H,2,5-10,12-13H2,(H,19,22)(H,23,24)/t16-/m0/s1. The van der Waals surface area contributed by atoms with Gasteiger partial charge in [0.25, 0.3) is 0 Å². The third kappa shape index (κ3) is 5.20. The van der Waals surface area contributed by atoms with Gasteiger partial charge >= 0.3 is 5.97 Å². The molecule has 0 bridgehead atoms. The van der Waals surface area contributed by atoms with E-state index >= 15 is 0 Å². The Balaban J connectivity index is 1.54. The van der Waals surface area contributed by atoms with Crippen LogP contribution in [0, 0.1) is 0 Å². The number of nitrogens with zero attached hydrogens (tertiary/aromatic N) is 2. The Morgan fingerprint density at radius 2 is 2.04 bits per heavy atom. The summed E-state index contributed by atoms with van der Waals surface area (Å²) < 4.78 is 0. The number of carboxylic acids is 1. The molecular weight excluding hydrogens is 338 g/mol. The monoisotopic (exact) mass is 363 g/mol. The fourth-order valence-corrected chi connectivity index (χ4v) is 4.42. The normalized spacial score (nSPS) is 22.0. The number of carbonyl (C=O) groups excluding carboxylic acids is 1. The molecule has 0 saturated carbocycles. The highest BCUT2D eigenvalue weighted by atomic mass is 32.2. The van der Waals surface area contributed by atoms with Crippen LogP contribution in [0.4, 0.5) is 5.69 Å². The van der Waals surface area contributed by atoms with E-state index in [1.165, 1.54) is 17.1 Å². The van der Waals surface area contributed by atoms with Crippen LogP contribution in [-0.2, 0) is 16.1 Å². The number of hydrogen-bond donors (Lipinski definition) is 2. The fourth-order valence-electron chi connectivity index (χ4n) is 3.44. The van der Waals surface area contributed by atoms with Crippen molar-refractivity contribution in [1.29, 1.82) is 0 Å². The second-order valence-corrected chi connectivity index (χ2v) is 7.83. The van der Waals surface area contributed by atoms with Gasteiger partial charge in [-0.25, -0.2) is 0 Å². The van der Waals surface area contributed by atoms with Gasteiger partial charge in [-0.05, 0) is 37.1 Å². The number of likely N-dealkylation sites (tertiary alicyclic amines) is 1. The predicted molar refractivity (Wildman–Crippen MR) is 99.9 cm³/mol. The van der Waals surface area contributed by atoms with Gasteiger partial charge in [-0.1, -0.05) is 12.1 Å². The topological polar surface area (TPSA) is 72.9 Å². The summed E-state index contributed by atoms with van der Waals surface area (Å²) in [7, 11) is 0. The van der Waals surface area contributed by atoms with Crippen molar-refractivity contribution in [3.63, 3.8) is 0 Å². The lowest BCUT2D eigenvalue weighted by atomic mass is 10.2. The van der Waals surface area contributed by atoms with Crippen molar-refractivity contribution in [3.8, 4) is 0 Å². The van der Waals surface area contributed by atoms with Gasteiger partial charge in [-0.2, -0.15) is 11.8 Å². The van der Waals surface area contributed by atoms with Gasteiger partial charge in [0.2, 0.25) is 5.91 Å². The molecule has 7 heteroatoms. The van der Waals surface area contributed by atoms with Crippen LogP contribution in [0.2, 0.25) is 0 Å². The summed E-state index contributed by atoms with van der Waals surface area (Å²) in [5.41, 5.74) is 1.97. The number of amides is 1. The molecule has 25 heavy (non-hydrogen) atoms. The van der Waals surface area contributed by atoms with E-state index in [1.54, 1.807) is 4.90 Å². The molecule has 1 atom stereocenters. The van der Waals surface area contributed by atoms with Crippen LogP contribution in [-0.4, -0.2) is 70.5 Å². The first-order valence-electron chi connectivity index (χ1n) is 8.77. The van der Waals surface area contributed by atoms with Crippen LogP contribution in [0.1, 0.15) is 18.4 Å². The van der Waals surface area contributed by atoms with Crippen molar-refractivity contribution in [2.75, 3.05) is 43.0 Å². The Labute approximate surface area is 152 Å². The number of anilines is 1. The lowest BCUT2D eigenvalue weighted by molar-refractivity contribution is -0.142. The van der Waals surface area contributed by atoms with E-state index in [-0.39, 0.29) is 12.5 Å². The average Bonchev–Trinajstić information content (AvgIpc) is 3.04. The summed E-state index contributed by atoms with van der Waals surface area (Å²) in [6.45, 7) is 3.90. The zero-order valence-electron chi connectivity index (χ0n) is 14.3. The number of rotatable bonds is 6. The molecule has 6 nitrogen and oxygen atoms in total. The Bertz CT molecular complexity index is 619. The molecule has 0 aliphatic carbocycles. The molecule has 136 valence electrons. The smallest absolute Gasteiger partial charge is 0.320 e. The van der Waals surface area contributed by atoms with Crippen molar-refractivity contribution in [2.45, 2.75) is 25.4 Å². The van der Waals surface area contributed by atoms with Crippen LogP contribution in [0.15, 0.2) is 24.3 Å².